The van der Waals surface area contributed by atoms with Crippen LogP contribution in [0, 0.1) is 30.1 Å². The fraction of sp³-hybridized carbons (Fsp3) is 0.640. The molecule has 12 heteroatoms. The van der Waals surface area contributed by atoms with Crippen LogP contribution in [0.1, 0.15) is 31.7 Å². The molecule has 4 rings (SSSR count). The van der Waals surface area contributed by atoms with E-state index >= 15 is 0 Å². The van der Waals surface area contributed by atoms with E-state index in [1.54, 1.807) is 31.1 Å². The van der Waals surface area contributed by atoms with Crippen molar-refractivity contribution in [2.75, 3.05) is 40.3 Å². The van der Waals surface area contributed by atoms with Crippen molar-refractivity contribution in [1.82, 2.24) is 20.0 Å². The van der Waals surface area contributed by atoms with Crippen LogP contribution in [0.15, 0.2) is 29.2 Å². The smallest absolute Gasteiger partial charge is 0.319 e. The molecule has 1 aromatic rings. The molecule has 1 saturated carbocycles. The summed E-state index contributed by atoms with van der Waals surface area (Å²) in [5.41, 5.74) is 0.798. The first-order valence-electron chi connectivity index (χ1n) is 12.3. The van der Waals surface area contributed by atoms with Gasteiger partial charge in [-0.1, -0.05) is 17.7 Å². The summed E-state index contributed by atoms with van der Waals surface area (Å²) in [5, 5.41) is 12.4. The highest BCUT2D eigenvalue weighted by molar-refractivity contribution is 7.85. The zero-order chi connectivity index (χ0) is 27.5. The lowest BCUT2D eigenvalue weighted by Crippen LogP contribution is -2.49. The first-order chi connectivity index (χ1) is 17.2. The maximum absolute atomic E-state index is 13.5. The molecule has 204 valence electrons. The number of hydrogen-bond donors (Lipinski definition) is 2. The summed E-state index contributed by atoms with van der Waals surface area (Å²) in [4.78, 5) is 29.3. The summed E-state index contributed by atoms with van der Waals surface area (Å²) in [6.07, 6.45) is 0.829. The molecule has 1 aromatic carbocycles. The summed E-state index contributed by atoms with van der Waals surface area (Å²) < 4.78 is 43.1. The zero-order valence-electron chi connectivity index (χ0n) is 21.7. The monoisotopic (exact) mass is 537 g/mol. The molecule has 5 atom stereocenters. The van der Waals surface area contributed by atoms with Gasteiger partial charge in [0.15, 0.2) is 0 Å². The van der Waals surface area contributed by atoms with E-state index in [0.717, 1.165) is 31.5 Å². The van der Waals surface area contributed by atoms with Crippen molar-refractivity contribution in [3.05, 3.63) is 29.8 Å². The first-order valence-corrected chi connectivity index (χ1v) is 13.7. The summed E-state index contributed by atoms with van der Waals surface area (Å²) >= 11 is 0. The number of nitriles is 1. The summed E-state index contributed by atoms with van der Waals surface area (Å²) in [5.74, 6) is 0.681. The van der Waals surface area contributed by atoms with Crippen LogP contribution in [0.5, 0.6) is 0 Å². The van der Waals surface area contributed by atoms with Gasteiger partial charge in [0.2, 0.25) is 5.91 Å². The van der Waals surface area contributed by atoms with Gasteiger partial charge in [-0.3, -0.25) is 9.35 Å². The number of carbonyl (C=O) groups is 2. The largest absolute Gasteiger partial charge is 0.331 e. The standard InChI is InChI=1S/C18H28FN5O2.C7H8O3S/c1-18(21-8-16(25)24-11-14(19)4-15(24)7-20)5-12-9-23(10-13(12)6-18)17(26)22(2)3;1-6-2-4-7(5-3-6)11(8,9)10/h12-15,21H,4-6,8-11H2,1-3H3;2-5H,1H3,(H,8,9,10)/t12-,13+,14-,15-,18+;/m0./s1. The zero-order valence-corrected chi connectivity index (χ0v) is 22.5. The molecule has 1 aliphatic carbocycles. The van der Waals surface area contributed by atoms with Crippen molar-refractivity contribution in [3.8, 4) is 6.07 Å². The molecular formula is C25H36FN5O5S. The van der Waals surface area contributed by atoms with Crippen LogP contribution >= 0.6 is 0 Å². The number of urea groups is 1. The molecule has 2 heterocycles. The highest BCUT2D eigenvalue weighted by Crippen LogP contribution is 2.43. The van der Waals surface area contributed by atoms with E-state index in [0.29, 0.717) is 11.8 Å². The van der Waals surface area contributed by atoms with E-state index in [1.165, 1.54) is 17.0 Å². The van der Waals surface area contributed by atoms with Crippen molar-refractivity contribution in [1.29, 1.82) is 5.26 Å². The molecule has 10 nitrogen and oxygen atoms in total. The second-order valence-electron chi connectivity index (χ2n) is 10.7. The fourth-order valence-electron chi connectivity index (χ4n) is 5.51. The Morgan fingerprint density at radius 1 is 1.19 bits per heavy atom. The Bertz CT molecular complexity index is 1120. The summed E-state index contributed by atoms with van der Waals surface area (Å²) in [7, 11) is -0.487. The SMILES string of the molecule is CN(C)C(=O)N1C[C@@H]2C[C@@](C)(NCC(=O)N3C[C@@H](F)C[C@H]3C#N)C[C@@H]2C1.Cc1ccc(S(=O)(=O)O)cc1. The lowest BCUT2D eigenvalue weighted by molar-refractivity contribution is -0.130. The van der Waals surface area contributed by atoms with Gasteiger partial charge in [-0.2, -0.15) is 13.7 Å². The minimum Gasteiger partial charge on any atom is -0.331 e. The Balaban J connectivity index is 0.000000289. The average Bonchev–Trinajstić information content (AvgIpc) is 3.48. The van der Waals surface area contributed by atoms with Gasteiger partial charge >= 0.3 is 6.03 Å². The summed E-state index contributed by atoms with van der Waals surface area (Å²) in [6, 6.07) is 7.41. The number of alkyl halides is 1. The third-order valence-corrected chi connectivity index (χ3v) is 8.23. The molecule has 37 heavy (non-hydrogen) atoms. The van der Waals surface area contributed by atoms with Crippen LogP contribution in [0.2, 0.25) is 0 Å². The van der Waals surface area contributed by atoms with Crippen LogP contribution < -0.4 is 5.32 Å². The minimum absolute atomic E-state index is 0.0162. The maximum Gasteiger partial charge on any atom is 0.319 e. The molecule has 0 radical (unpaired) electrons. The molecule has 3 aliphatic rings. The van der Waals surface area contributed by atoms with Gasteiger partial charge in [0.05, 0.1) is 24.1 Å². The van der Waals surface area contributed by atoms with E-state index in [9.17, 15) is 22.4 Å². The molecule has 2 aliphatic heterocycles. The molecular weight excluding hydrogens is 501 g/mol. The Morgan fingerprint density at radius 2 is 1.76 bits per heavy atom. The molecule has 0 unspecified atom stereocenters. The van der Waals surface area contributed by atoms with E-state index in [2.05, 4.69) is 12.2 Å². The predicted molar refractivity (Wildman–Crippen MR) is 135 cm³/mol. The molecule has 3 amide bonds. The van der Waals surface area contributed by atoms with Gasteiger partial charge in [-0.15, -0.1) is 0 Å². The molecule has 3 fully saturated rings. The number of halogens is 1. The number of fused-ring (bicyclic) bond motifs is 1. The van der Waals surface area contributed by atoms with Crippen molar-refractivity contribution >= 4 is 22.1 Å². The normalized spacial score (nSPS) is 28.8. The van der Waals surface area contributed by atoms with Crippen LogP contribution in [0.25, 0.3) is 0 Å². The van der Waals surface area contributed by atoms with Gasteiger partial charge in [0.25, 0.3) is 10.1 Å². The van der Waals surface area contributed by atoms with E-state index in [-0.39, 0.29) is 41.9 Å². The Morgan fingerprint density at radius 3 is 2.24 bits per heavy atom. The topological polar surface area (TPSA) is 134 Å². The number of hydrogen-bond acceptors (Lipinski definition) is 6. The van der Waals surface area contributed by atoms with Crippen molar-refractivity contribution < 1.29 is 27.0 Å². The Labute approximate surface area is 218 Å². The number of aryl methyl sites for hydroxylation is 1. The van der Waals surface area contributed by atoms with Crippen molar-refractivity contribution in [3.63, 3.8) is 0 Å². The first kappa shape index (κ1) is 28.8. The van der Waals surface area contributed by atoms with E-state index in [1.807, 2.05) is 17.9 Å². The third kappa shape index (κ3) is 7.18. The number of amides is 3. The highest BCUT2D eigenvalue weighted by atomic mass is 32.2. The van der Waals surface area contributed by atoms with Gasteiger partial charge in [-0.25, -0.2) is 9.18 Å². The van der Waals surface area contributed by atoms with Crippen LogP contribution in [-0.2, 0) is 14.9 Å². The molecule has 0 aromatic heterocycles. The second-order valence-corrected chi connectivity index (χ2v) is 12.2. The Kier molecular flexibility index (Phi) is 8.82. The quantitative estimate of drug-likeness (QED) is 0.562. The van der Waals surface area contributed by atoms with E-state index < -0.39 is 22.3 Å². The van der Waals surface area contributed by atoms with Crippen LogP contribution in [0.3, 0.4) is 0 Å². The Hall–Kier alpha value is -2.75. The van der Waals surface area contributed by atoms with E-state index in [4.69, 9.17) is 9.81 Å². The fourth-order valence-corrected chi connectivity index (χ4v) is 5.99. The predicted octanol–water partition coefficient (Wildman–Crippen LogP) is 2.06. The molecule has 0 bridgehead atoms. The third-order valence-electron chi connectivity index (χ3n) is 7.36. The second kappa shape index (κ2) is 11.3. The van der Waals surface area contributed by atoms with Gasteiger partial charge in [0.1, 0.15) is 12.2 Å². The molecule has 2 saturated heterocycles. The van der Waals surface area contributed by atoms with Gasteiger partial charge in [-0.05, 0) is 50.7 Å². The van der Waals surface area contributed by atoms with Gasteiger partial charge < -0.3 is 20.0 Å². The van der Waals surface area contributed by atoms with Crippen molar-refractivity contribution in [2.45, 2.75) is 55.8 Å². The van der Waals surface area contributed by atoms with Crippen LogP contribution in [-0.4, -0.2) is 97.6 Å². The lowest BCUT2D eigenvalue weighted by Gasteiger charge is -2.30. The maximum atomic E-state index is 13.5. The lowest BCUT2D eigenvalue weighted by atomic mass is 9.98. The molecule has 0 spiro atoms. The number of likely N-dealkylation sites (tertiary alicyclic amines) is 2. The summed E-state index contributed by atoms with van der Waals surface area (Å²) in [6.45, 7) is 5.62. The number of nitrogens with one attached hydrogen (secondary N) is 1. The highest BCUT2D eigenvalue weighted by Gasteiger charge is 2.48. The van der Waals surface area contributed by atoms with Gasteiger partial charge in [0, 0.05) is 39.1 Å². The number of rotatable bonds is 4. The van der Waals surface area contributed by atoms with Crippen LogP contribution in [0.4, 0.5) is 9.18 Å². The number of carbonyl (C=O) groups excluding carboxylic acids is 2. The minimum atomic E-state index is -4.02. The number of nitrogens with zero attached hydrogens (tertiary/aromatic N) is 4. The average molecular weight is 538 g/mol. The molecule has 2 N–H and O–H groups in total. The number of benzene rings is 1. The van der Waals surface area contributed by atoms with Crippen molar-refractivity contribution in [2.24, 2.45) is 11.8 Å².